The van der Waals surface area contributed by atoms with E-state index >= 15 is 0 Å². The fourth-order valence-electron chi connectivity index (χ4n) is 1.58. The van der Waals surface area contributed by atoms with Crippen molar-refractivity contribution in [2.24, 2.45) is 5.73 Å². The predicted molar refractivity (Wildman–Crippen MR) is 80.1 cm³/mol. The van der Waals surface area contributed by atoms with Crippen molar-refractivity contribution in [3.05, 3.63) is 40.5 Å². The van der Waals surface area contributed by atoms with Gasteiger partial charge in [-0.1, -0.05) is 28.0 Å². The molecule has 0 bridgehead atoms. The number of thioether (sulfide) groups is 1. The molecule has 1 unspecified atom stereocenters. The molecule has 2 aromatic rings. The van der Waals surface area contributed by atoms with Crippen LogP contribution in [0.2, 0.25) is 0 Å². The van der Waals surface area contributed by atoms with Crippen LogP contribution in [0.15, 0.2) is 38.2 Å². The second-order valence-electron chi connectivity index (χ2n) is 4.27. The Kier molecular flexibility index (Phi) is 5.42. The minimum absolute atomic E-state index is 0.226. The maximum absolute atomic E-state index is 5.52. The first-order valence-corrected chi connectivity index (χ1v) is 7.88. The van der Waals surface area contributed by atoms with Gasteiger partial charge in [-0.3, -0.25) is 0 Å². The third kappa shape index (κ3) is 4.33. The van der Waals surface area contributed by atoms with Crippen molar-refractivity contribution in [3.63, 3.8) is 0 Å². The lowest BCUT2D eigenvalue weighted by molar-refractivity contribution is 0.352. The molecule has 0 aliphatic rings. The number of nitrogens with zero attached hydrogens (tertiary/aromatic N) is 2. The molecule has 102 valence electrons. The van der Waals surface area contributed by atoms with Crippen LogP contribution in [0.1, 0.15) is 31.0 Å². The fourth-order valence-corrected chi connectivity index (χ4v) is 2.58. The summed E-state index contributed by atoms with van der Waals surface area (Å²) in [4.78, 5) is 5.58. The van der Waals surface area contributed by atoms with Gasteiger partial charge in [-0.25, -0.2) is 0 Å². The fraction of sp³-hybridized carbons (Fsp3) is 0.385. The zero-order chi connectivity index (χ0) is 13.7. The largest absolute Gasteiger partial charge is 0.339 e. The summed E-state index contributed by atoms with van der Waals surface area (Å²) in [5, 5.41) is 4.00. The molecule has 0 aliphatic carbocycles. The molecule has 0 saturated carbocycles. The van der Waals surface area contributed by atoms with Crippen LogP contribution < -0.4 is 5.73 Å². The summed E-state index contributed by atoms with van der Waals surface area (Å²) >= 11 is 5.11. The van der Waals surface area contributed by atoms with E-state index in [1.165, 1.54) is 4.90 Å². The quantitative estimate of drug-likeness (QED) is 0.813. The number of hydrogen-bond donors (Lipinski definition) is 1. The minimum atomic E-state index is 0.226. The molecule has 4 nitrogen and oxygen atoms in total. The smallest absolute Gasteiger partial charge is 0.229 e. The van der Waals surface area contributed by atoms with Crippen molar-refractivity contribution in [1.29, 1.82) is 0 Å². The van der Waals surface area contributed by atoms with Gasteiger partial charge in [0.1, 0.15) is 0 Å². The average Bonchev–Trinajstić information content (AvgIpc) is 2.87. The minimum Gasteiger partial charge on any atom is -0.339 e. The summed E-state index contributed by atoms with van der Waals surface area (Å²) in [6.07, 6.45) is 0.863. The Bertz CT molecular complexity index is 515. The summed E-state index contributed by atoms with van der Waals surface area (Å²) in [7, 11) is 0. The van der Waals surface area contributed by atoms with Gasteiger partial charge in [-0.2, -0.15) is 4.98 Å². The van der Waals surface area contributed by atoms with Crippen molar-refractivity contribution in [2.75, 3.05) is 6.54 Å². The summed E-state index contributed by atoms with van der Waals surface area (Å²) in [5.74, 6) is 2.34. The highest BCUT2D eigenvalue weighted by Gasteiger charge is 2.13. The van der Waals surface area contributed by atoms with Gasteiger partial charge in [-0.05, 0) is 37.2 Å². The molecule has 6 heteroatoms. The van der Waals surface area contributed by atoms with Gasteiger partial charge in [0, 0.05) is 15.3 Å². The topological polar surface area (TPSA) is 64.9 Å². The van der Waals surface area contributed by atoms with E-state index in [2.05, 4.69) is 38.2 Å². The average molecular weight is 342 g/mol. The van der Waals surface area contributed by atoms with Crippen molar-refractivity contribution < 1.29 is 4.52 Å². The van der Waals surface area contributed by atoms with E-state index in [-0.39, 0.29) is 5.92 Å². The van der Waals surface area contributed by atoms with E-state index < -0.39 is 0 Å². The Hall–Kier alpha value is -0.850. The molecule has 19 heavy (non-hydrogen) atoms. The first kappa shape index (κ1) is 14.6. The summed E-state index contributed by atoms with van der Waals surface area (Å²) < 4.78 is 6.33. The lowest BCUT2D eigenvalue weighted by Crippen LogP contribution is -2.04. The molecule has 0 amide bonds. The number of aromatic nitrogens is 2. The number of nitrogens with two attached hydrogens (primary N) is 1. The lowest BCUT2D eigenvalue weighted by Gasteiger charge is -2.01. The van der Waals surface area contributed by atoms with Crippen LogP contribution in [0, 0.1) is 0 Å². The van der Waals surface area contributed by atoms with Gasteiger partial charge < -0.3 is 10.3 Å². The van der Waals surface area contributed by atoms with Crippen LogP contribution in [0.5, 0.6) is 0 Å². The molecule has 0 saturated heterocycles. The van der Waals surface area contributed by atoms with Crippen LogP contribution in [0.25, 0.3) is 0 Å². The Balaban J connectivity index is 1.91. The highest BCUT2D eigenvalue weighted by Crippen LogP contribution is 2.24. The molecule has 2 N–H and O–H groups in total. The summed E-state index contributed by atoms with van der Waals surface area (Å²) in [6, 6.07) is 8.17. The van der Waals surface area contributed by atoms with Gasteiger partial charge in [0.25, 0.3) is 0 Å². The lowest BCUT2D eigenvalue weighted by atomic mass is 10.1. The summed E-state index contributed by atoms with van der Waals surface area (Å²) in [5.41, 5.74) is 5.52. The van der Waals surface area contributed by atoms with Gasteiger partial charge >= 0.3 is 0 Å². The van der Waals surface area contributed by atoms with Gasteiger partial charge in [0.05, 0.1) is 5.75 Å². The third-order valence-corrected chi connectivity index (χ3v) is 4.22. The monoisotopic (exact) mass is 341 g/mol. The second kappa shape index (κ2) is 7.07. The van der Waals surface area contributed by atoms with Crippen LogP contribution >= 0.6 is 27.7 Å². The van der Waals surface area contributed by atoms with E-state index in [0.29, 0.717) is 18.2 Å². The predicted octanol–water partition coefficient (Wildman–Crippen LogP) is 3.58. The molecule has 0 fully saturated rings. The summed E-state index contributed by atoms with van der Waals surface area (Å²) in [6.45, 7) is 2.68. The van der Waals surface area contributed by atoms with E-state index in [1.807, 2.05) is 19.1 Å². The maximum atomic E-state index is 5.52. The normalized spacial score (nSPS) is 12.6. The van der Waals surface area contributed by atoms with Crippen molar-refractivity contribution >= 4 is 27.7 Å². The van der Waals surface area contributed by atoms with E-state index in [9.17, 15) is 0 Å². The zero-order valence-electron chi connectivity index (χ0n) is 10.7. The first-order valence-electron chi connectivity index (χ1n) is 6.10. The van der Waals surface area contributed by atoms with Crippen LogP contribution in [-0.4, -0.2) is 16.7 Å². The number of benzene rings is 1. The van der Waals surface area contributed by atoms with Gasteiger partial charge in [-0.15, -0.1) is 11.8 Å². The second-order valence-corrected chi connectivity index (χ2v) is 6.23. The van der Waals surface area contributed by atoms with Crippen LogP contribution in [0.4, 0.5) is 0 Å². The molecule has 1 heterocycles. The molecule has 0 spiro atoms. The third-order valence-electron chi connectivity index (χ3n) is 2.69. The molecule has 0 aliphatic heterocycles. The Morgan fingerprint density at radius 3 is 2.79 bits per heavy atom. The molecular formula is C13H16BrN3OS. The molecular weight excluding hydrogens is 326 g/mol. The Labute approximate surface area is 125 Å². The number of rotatable bonds is 6. The van der Waals surface area contributed by atoms with Crippen LogP contribution in [-0.2, 0) is 5.75 Å². The molecule has 0 radical (unpaired) electrons. The first-order chi connectivity index (χ1) is 9.19. The van der Waals surface area contributed by atoms with Crippen LogP contribution in [0.3, 0.4) is 0 Å². The Morgan fingerprint density at radius 1 is 1.37 bits per heavy atom. The molecule has 1 aromatic carbocycles. The number of hydrogen-bond acceptors (Lipinski definition) is 5. The SMILES string of the molecule is CC(CCN)c1nc(CSc2ccc(Br)cc2)no1. The standard InChI is InChI=1S/C13H16BrN3OS/c1-9(6-7-15)13-16-12(17-18-13)8-19-11-4-2-10(14)3-5-11/h2-5,9H,6-8,15H2,1H3. The van der Waals surface area contributed by atoms with Gasteiger partial charge in [0.15, 0.2) is 5.82 Å². The van der Waals surface area contributed by atoms with E-state index in [0.717, 1.165) is 16.7 Å². The molecule has 2 rings (SSSR count). The molecule has 1 aromatic heterocycles. The maximum Gasteiger partial charge on any atom is 0.229 e. The van der Waals surface area contributed by atoms with E-state index in [1.54, 1.807) is 11.8 Å². The molecule has 1 atom stereocenters. The highest BCUT2D eigenvalue weighted by atomic mass is 79.9. The number of halogens is 1. The van der Waals surface area contributed by atoms with Crippen molar-refractivity contribution in [3.8, 4) is 0 Å². The van der Waals surface area contributed by atoms with Crippen molar-refractivity contribution in [1.82, 2.24) is 10.1 Å². The van der Waals surface area contributed by atoms with E-state index in [4.69, 9.17) is 10.3 Å². The highest BCUT2D eigenvalue weighted by molar-refractivity contribution is 9.10. The van der Waals surface area contributed by atoms with Crippen molar-refractivity contribution in [2.45, 2.75) is 29.9 Å². The zero-order valence-corrected chi connectivity index (χ0v) is 13.1. The Morgan fingerprint density at radius 2 is 2.11 bits per heavy atom. The van der Waals surface area contributed by atoms with Gasteiger partial charge in [0.2, 0.25) is 5.89 Å².